The summed E-state index contributed by atoms with van der Waals surface area (Å²) in [5.41, 5.74) is -0.0493. The Kier molecular flexibility index (Phi) is 4.06. The van der Waals surface area contributed by atoms with Gasteiger partial charge in [-0.2, -0.15) is 0 Å². The largest absolute Gasteiger partial charge is 0.508 e. The second kappa shape index (κ2) is 6.28. The lowest BCUT2D eigenvalue weighted by Gasteiger charge is -2.30. The Morgan fingerprint density at radius 2 is 1.07 bits per heavy atom. The third kappa shape index (κ3) is 2.93. The number of benzene rings is 3. The molecule has 0 radical (unpaired) electrons. The van der Waals surface area contributed by atoms with Crippen molar-refractivity contribution >= 4 is 0 Å². The van der Waals surface area contributed by atoms with Gasteiger partial charge >= 0.3 is 0 Å². The zero-order valence-electron chi connectivity index (χ0n) is 16.4. The van der Waals surface area contributed by atoms with E-state index in [0.29, 0.717) is 5.56 Å². The minimum absolute atomic E-state index is 0.0180. The van der Waals surface area contributed by atoms with E-state index in [2.05, 4.69) is 0 Å². The molecule has 1 aliphatic heterocycles. The molecule has 4 rings (SSSR count). The van der Waals surface area contributed by atoms with Gasteiger partial charge in [0.25, 0.3) is 0 Å². The van der Waals surface area contributed by atoms with Crippen LogP contribution in [0.1, 0.15) is 26.3 Å². The molecular weight excluding hydrogens is 392 g/mol. The van der Waals surface area contributed by atoms with Crippen molar-refractivity contribution in [3.8, 4) is 68.6 Å². The average molecular weight is 412 g/mol. The molecule has 1 heterocycles. The molecule has 3 aromatic carbocycles. The predicted octanol–water partition coefficient (Wildman–Crippen LogP) is 4.78. The summed E-state index contributed by atoms with van der Waals surface area (Å²) in [4.78, 5) is 0. The maximum absolute atomic E-state index is 10.5. The van der Waals surface area contributed by atoms with E-state index in [9.17, 15) is 30.6 Å². The minimum Gasteiger partial charge on any atom is -0.508 e. The summed E-state index contributed by atoms with van der Waals surface area (Å²) >= 11 is 0. The fraction of sp³-hybridized carbons (Fsp3) is 0.182. The van der Waals surface area contributed by atoms with E-state index in [0.717, 1.165) is 18.2 Å². The highest BCUT2D eigenvalue weighted by molar-refractivity contribution is 5.85. The number of fused-ring (bicyclic) bond motifs is 2. The summed E-state index contributed by atoms with van der Waals surface area (Å²) in [7, 11) is 0. The Labute approximate surface area is 171 Å². The molecule has 0 atom stereocenters. The van der Waals surface area contributed by atoms with Gasteiger partial charge in [-0.3, -0.25) is 0 Å². The van der Waals surface area contributed by atoms with Gasteiger partial charge in [-0.25, -0.2) is 0 Å². The summed E-state index contributed by atoms with van der Waals surface area (Å²) in [6.07, 6.45) is 0. The molecule has 0 amide bonds. The lowest BCUT2D eigenvalue weighted by atomic mass is 9.85. The van der Waals surface area contributed by atoms with Gasteiger partial charge in [0.05, 0.1) is 5.56 Å². The molecule has 0 unspecified atom stereocenters. The molecule has 30 heavy (non-hydrogen) atoms. The molecule has 0 saturated heterocycles. The smallest absolute Gasteiger partial charge is 0.212 e. The van der Waals surface area contributed by atoms with E-state index in [1.807, 2.05) is 20.8 Å². The summed E-state index contributed by atoms with van der Waals surface area (Å²) in [5, 5.41) is 61.3. The van der Waals surface area contributed by atoms with Crippen LogP contribution < -0.4 is 9.47 Å². The van der Waals surface area contributed by atoms with Crippen molar-refractivity contribution in [1.29, 1.82) is 0 Å². The van der Waals surface area contributed by atoms with E-state index < -0.39 is 22.7 Å². The number of aromatic hydroxyl groups is 6. The minimum atomic E-state index is -0.602. The van der Waals surface area contributed by atoms with Crippen LogP contribution in [-0.2, 0) is 5.41 Å². The Balaban J connectivity index is 2.00. The average Bonchev–Trinajstić information content (AvgIpc) is 2.59. The van der Waals surface area contributed by atoms with Crippen molar-refractivity contribution in [2.45, 2.75) is 26.2 Å². The van der Waals surface area contributed by atoms with Crippen molar-refractivity contribution < 1.29 is 40.1 Å². The lowest BCUT2D eigenvalue weighted by molar-refractivity contribution is 0.307. The maximum Gasteiger partial charge on any atom is 0.212 e. The van der Waals surface area contributed by atoms with Crippen LogP contribution in [0.5, 0.6) is 57.5 Å². The van der Waals surface area contributed by atoms with Gasteiger partial charge in [0.15, 0.2) is 23.0 Å². The third-order valence-corrected chi connectivity index (χ3v) is 4.74. The first-order valence-corrected chi connectivity index (χ1v) is 9.04. The second-order valence-corrected chi connectivity index (χ2v) is 8.09. The highest BCUT2D eigenvalue weighted by Crippen LogP contribution is 2.61. The number of ether oxygens (including phenoxy) is 2. The van der Waals surface area contributed by atoms with Crippen molar-refractivity contribution in [1.82, 2.24) is 0 Å². The second-order valence-electron chi connectivity index (χ2n) is 8.09. The van der Waals surface area contributed by atoms with Gasteiger partial charge in [0, 0.05) is 23.8 Å². The van der Waals surface area contributed by atoms with Crippen molar-refractivity contribution in [3.05, 3.63) is 35.9 Å². The SMILES string of the molecule is CC(C)(C)c1c(O)cc(O)c2c1Oc1c(O)cc(O)c(-c3cc(O)cc(O)c3)c1O2. The summed E-state index contributed by atoms with van der Waals surface area (Å²) in [5.74, 6) is -2.35. The van der Waals surface area contributed by atoms with Crippen LogP contribution in [0.3, 0.4) is 0 Å². The number of hydrogen-bond donors (Lipinski definition) is 6. The summed E-state index contributed by atoms with van der Waals surface area (Å²) < 4.78 is 11.7. The van der Waals surface area contributed by atoms with Crippen molar-refractivity contribution in [3.63, 3.8) is 0 Å². The number of phenolic OH excluding ortho intramolecular Hbond substituents is 6. The van der Waals surface area contributed by atoms with E-state index in [1.54, 1.807) is 0 Å². The molecule has 0 spiro atoms. The monoisotopic (exact) mass is 412 g/mol. The summed E-state index contributed by atoms with van der Waals surface area (Å²) in [6.45, 7) is 5.49. The lowest BCUT2D eigenvalue weighted by Crippen LogP contribution is -2.15. The van der Waals surface area contributed by atoms with Crippen molar-refractivity contribution in [2.24, 2.45) is 0 Å². The van der Waals surface area contributed by atoms with E-state index >= 15 is 0 Å². The molecule has 8 heteroatoms. The molecule has 1 aliphatic rings. The first kappa shape index (κ1) is 19.4. The van der Waals surface area contributed by atoms with Gasteiger partial charge < -0.3 is 40.1 Å². The van der Waals surface area contributed by atoms with E-state index in [4.69, 9.17) is 9.47 Å². The topological polar surface area (TPSA) is 140 Å². The van der Waals surface area contributed by atoms with Gasteiger partial charge in [0.1, 0.15) is 23.0 Å². The van der Waals surface area contributed by atoms with Crippen LogP contribution in [0.2, 0.25) is 0 Å². The Morgan fingerprint density at radius 3 is 1.63 bits per heavy atom. The number of rotatable bonds is 1. The first-order chi connectivity index (χ1) is 14.0. The molecule has 8 nitrogen and oxygen atoms in total. The Bertz CT molecular complexity index is 1170. The van der Waals surface area contributed by atoms with Crippen LogP contribution in [0.25, 0.3) is 11.1 Å². The molecule has 0 aromatic heterocycles. The van der Waals surface area contributed by atoms with Gasteiger partial charge in [-0.1, -0.05) is 20.8 Å². The molecule has 156 valence electrons. The van der Waals surface area contributed by atoms with Gasteiger partial charge in [-0.15, -0.1) is 0 Å². The normalized spacial score (nSPS) is 12.5. The van der Waals surface area contributed by atoms with Crippen LogP contribution in [-0.4, -0.2) is 30.6 Å². The van der Waals surface area contributed by atoms with Crippen molar-refractivity contribution in [2.75, 3.05) is 0 Å². The highest BCUT2D eigenvalue weighted by Gasteiger charge is 2.36. The zero-order valence-corrected chi connectivity index (χ0v) is 16.4. The molecule has 0 bridgehead atoms. The standard InChI is InChI=1S/C22H20O8/c1-22(2,3)17-13(26)8-15(28)19-21(17)30-18-14(27)7-12(25)16(20(18)29-19)9-4-10(23)6-11(24)5-9/h4-8,23-28H,1-3H3. The van der Waals surface area contributed by atoms with Gasteiger partial charge in [0.2, 0.25) is 11.5 Å². The number of phenols is 6. The maximum atomic E-state index is 10.5. The molecule has 3 aromatic rings. The van der Waals surface area contributed by atoms with Crippen LogP contribution >= 0.6 is 0 Å². The van der Waals surface area contributed by atoms with Crippen LogP contribution in [0, 0.1) is 0 Å². The molecular formula is C22H20O8. The number of hydrogen-bond acceptors (Lipinski definition) is 8. The Hall–Kier alpha value is -3.94. The third-order valence-electron chi connectivity index (χ3n) is 4.74. The quantitative estimate of drug-likeness (QED) is 0.262. The fourth-order valence-corrected chi connectivity index (χ4v) is 3.57. The highest BCUT2D eigenvalue weighted by atomic mass is 16.6. The Morgan fingerprint density at radius 1 is 0.567 bits per heavy atom. The first-order valence-electron chi connectivity index (χ1n) is 9.04. The van der Waals surface area contributed by atoms with E-state index in [1.165, 1.54) is 12.1 Å². The van der Waals surface area contributed by atoms with Crippen LogP contribution in [0.15, 0.2) is 30.3 Å². The molecule has 6 N–H and O–H groups in total. The molecule has 0 fully saturated rings. The zero-order chi connectivity index (χ0) is 22.0. The van der Waals surface area contributed by atoms with E-state index in [-0.39, 0.29) is 51.4 Å². The molecule has 0 saturated carbocycles. The van der Waals surface area contributed by atoms with Gasteiger partial charge in [-0.05, 0) is 23.1 Å². The molecule has 0 aliphatic carbocycles. The van der Waals surface area contributed by atoms with Crippen LogP contribution in [0.4, 0.5) is 0 Å². The predicted molar refractivity (Wildman–Crippen MR) is 107 cm³/mol. The summed E-state index contributed by atoms with van der Waals surface area (Å²) in [6, 6.07) is 5.83. The fourth-order valence-electron chi connectivity index (χ4n) is 3.57.